The average molecular weight is 404 g/mol. The molecule has 0 radical (unpaired) electrons. The molecular formula is C23H21N3O2S. The van der Waals surface area contributed by atoms with Gasteiger partial charge in [0.2, 0.25) is 5.89 Å². The number of rotatable bonds is 6. The van der Waals surface area contributed by atoms with Crippen LogP contribution in [0.25, 0.3) is 22.0 Å². The van der Waals surface area contributed by atoms with E-state index in [4.69, 9.17) is 4.42 Å². The van der Waals surface area contributed by atoms with Crippen molar-refractivity contribution in [3.63, 3.8) is 0 Å². The first-order valence-corrected chi connectivity index (χ1v) is 10.3. The average Bonchev–Trinajstić information content (AvgIpc) is 3.36. The molecule has 2 aromatic heterocycles. The van der Waals surface area contributed by atoms with Crippen LogP contribution in [0.4, 0.5) is 0 Å². The van der Waals surface area contributed by atoms with Crippen LogP contribution < -0.4 is 5.32 Å². The van der Waals surface area contributed by atoms with Crippen LogP contribution in [0, 0.1) is 13.8 Å². The number of benzene rings is 2. The normalized spacial score (nSPS) is 10.8. The highest BCUT2D eigenvalue weighted by Crippen LogP contribution is 2.24. The molecule has 29 heavy (non-hydrogen) atoms. The van der Waals surface area contributed by atoms with Crippen LogP contribution >= 0.6 is 11.3 Å². The van der Waals surface area contributed by atoms with E-state index in [-0.39, 0.29) is 5.91 Å². The van der Waals surface area contributed by atoms with Crippen molar-refractivity contribution < 1.29 is 9.21 Å². The number of carbonyl (C=O) groups excluding carboxylic acids is 1. The minimum absolute atomic E-state index is 0.234. The smallest absolute Gasteiger partial charge is 0.273 e. The number of nitrogens with zero attached hydrogens (tertiary/aromatic N) is 2. The van der Waals surface area contributed by atoms with E-state index < -0.39 is 0 Å². The predicted octanol–water partition coefficient (Wildman–Crippen LogP) is 5.05. The maximum atomic E-state index is 12.5. The highest BCUT2D eigenvalue weighted by atomic mass is 32.1. The summed E-state index contributed by atoms with van der Waals surface area (Å²) in [5.41, 5.74) is 4.48. The summed E-state index contributed by atoms with van der Waals surface area (Å²) >= 11 is 1.62. The highest BCUT2D eigenvalue weighted by molar-refractivity contribution is 7.13. The Kier molecular flexibility index (Phi) is 5.53. The van der Waals surface area contributed by atoms with Crippen LogP contribution in [-0.4, -0.2) is 22.4 Å². The molecule has 0 bridgehead atoms. The zero-order chi connectivity index (χ0) is 20.2. The summed E-state index contributed by atoms with van der Waals surface area (Å²) in [7, 11) is 0. The molecule has 5 nitrogen and oxygen atoms in total. The van der Waals surface area contributed by atoms with Gasteiger partial charge in [0.1, 0.15) is 10.8 Å². The van der Waals surface area contributed by atoms with Gasteiger partial charge in [-0.3, -0.25) is 4.79 Å². The van der Waals surface area contributed by atoms with Gasteiger partial charge in [-0.1, -0.05) is 48.0 Å². The zero-order valence-electron chi connectivity index (χ0n) is 16.3. The van der Waals surface area contributed by atoms with E-state index in [1.807, 2.05) is 35.7 Å². The van der Waals surface area contributed by atoms with Gasteiger partial charge in [0.15, 0.2) is 5.69 Å². The molecule has 6 heteroatoms. The Hall–Kier alpha value is -3.25. The van der Waals surface area contributed by atoms with Crippen molar-refractivity contribution in [3.8, 4) is 22.0 Å². The molecule has 2 heterocycles. The summed E-state index contributed by atoms with van der Waals surface area (Å²) in [5, 5.41) is 5.94. The van der Waals surface area contributed by atoms with Gasteiger partial charge in [0, 0.05) is 29.5 Å². The van der Waals surface area contributed by atoms with Gasteiger partial charge in [0.05, 0.1) is 5.69 Å². The maximum absolute atomic E-state index is 12.5. The lowest BCUT2D eigenvalue weighted by atomic mass is 10.2. The molecule has 0 saturated carbocycles. The van der Waals surface area contributed by atoms with E-state index in [1.165, 1.54) is 5.56 Å². The Morgan fingerprint density at radius 1 is 1.00 bits per heavy atom. The van der Waals surface area contributed by atoms with Crippen molar-refractivity contribution in [2.24, 2.45) is 0 Å². The molecule has 0 aliphatic rings. The number of carbonyl (C=O) groups is 1. The highest BCUT2D eigenvalue weighted by Gasteiger charge is 2.17. The van der Waals surface area contributed by atoms with E-state index in [0.717, 1.165) is 21.8 Å². The molecule has 0 aliphatic heterocycles. The lowest BCUT2D eigenvalue weighted by Crippen LogP contribution is -2.26. The fourth-order valence-electron chi connectivity index (χ4n) is 2.95. The van der Waals surface area contributed by atoms with Crippen molar-refractivity contribution in [3.05, 3.63) is 82.7 Å². The molecule has 1 amide bonds. The number of nitrogens with one attached hydrogen (secondary N) is 1. The number of hydrogen-bond acceptors (Lipinski definition) is 5. The Balaban J connectivity index is 1.36. The largest absolute Gasteiger partial charge is 0.441 e. The van der Waals surface area contributed by atoms with E-state index in [9.17, 15) is 4.79 Å². The number of thiazole rings is 1. The predicted molar refractivity (Wildman–Crippen MR) is 115 cm³/mol. The van der Waals surface area contributed by atoms with Crippen LogP contribution in [0.3, 0.4) is 0 Å². The van der Waals surface area contributed by atoms with Crippen molar-refractivity contribution in [2.75, 3.05) is 6.54 Å². The third-order valence-electron chi connectivity index (χ3n) is 4.55. The van der Waals surface area contributed by atoms with Crippen molar-refractivity contribution in [1.29, 1.82) is 0 Å². The van der Waals surface area contributed by atoms with Gasteiger partial charge in [-0.15, -0.1) is 11.3 Å². The molecule has 0 spiro atoms. The molecule has 146 valence electrons. The van der Waals surface area contributed by atoms with Gasteiger partial charge in [-0.25, -0.2) is 9.97 Å². The lowest BCUT2D eigenvalue weighted by molar-refractivity contribution is 0.0948. The fourth-order valence-corrected chi connectivity index (χ4v) is 3.81. The summed E-state index contributed by atoms with van der Waals surface area (Å²) in [5.74, 6) is 0.731. The molecule has 0 unspecified atom stereocenters. The van der Waals surface area contributed by atoms with Gasteiger partial charge in [-0.2, -0.15) is 0 Å². The standard InChI is InChI=1S/C23H21N3O2S/c1-15-8-10-18(11-9-15)23-25-19(14-29-23)12-13-24-21(27)20-16(2)28-22(26-20)17-6-4-3-5-7-17/h3-11,14H,12-13H2,1-2H3,(H,24,27). The Bertz CT molecular complexity index is 1110. The third-order valence-corrected chi connectivity index (χ3v) is 5.49. The fraction of sp³-hybridized carbons (Fsp3) is 0.174. The number of aryl methyl sites for hydroxylation is 2. The molecule has 1 N–H and O–H groups in total. The maximum Gasteiger partial charge on any atom is 0.273 e. The first-order chi connectivity index (χ1) is 14.1. The van der Waals surface area contributed by atoms with Gasteiger partial charge in [0.25, 0.3) is 5.91 Å². The third kappa shape index (κ3) is 4.43. The molecule has 2 aromatic carbocycles. The molecule has 0 saturated heterocycles. The minimum Gasteiger partial charge on any atom is -0.441 e. The number of oxazole rings is 1. The van der Waals surface area contributed by atoms with Crippen molar-refractivity contribution >= 4 is 17.2 Å². The quantitative estimate of drug-likeness (QED) is 0.489. The van der Waals surface area contributed by atoms with E-state index in [0.29, 0.717) is 30.3 Å². The lowest BCUT2D eigenvalue weighted by Gasteiger charge is -2.02. The minimum atomic E-state index is -0.234. The number of hydrogen-bond donors (Lipinski definition) is 1. The van der Waals surface area contributed by atoms with Crippen LogP contribution in [0.5, 0.6) is 0 Å². The van der Waals surface area contributed by atoms with E-state index in [1.54, 1.807) is 18.3 Å². The van der Waals surface area contributed by atoms with Gasteiger partial charge < -0.3 is 9.73 Å². The second kappa shape index (κ2) is 8.41. The molecule has 0 fully saturated rings. The molecular weight excluding hydrogens is 382 g/mol. The van der Waals surface area contributed by atoms with Crippen molar-refractivity contribution in [1.82, 2.24) is 15.3 Å². The number of amides is 1. The van der Waals surface area contributed by atoms with Crippen LogP contribution in [0.15, 0.2) is 64.4 Å². The summed E-state index contributed by atoms with van der Waals surface area (Å²) in [6.45, 7) is 4.31. The Labute approximate surface area is 173 Å². The summed E-state index contributed by atoms with van der Waals surface area (Å²) in [6.07, 6.45) is 0.663. The SMILES string of the molecule is Cc1ccc(-c2nc(CCNC(=O)c3nc(-c4ccccc4)oc3C)cs2)cc1. The Morgan fingerprint density at radius 3 is 2.52 bits per heavy atom. The van der Waals surface area contributed by atoms with Gasteiger partial charge >= 0.3 is 0 Å². The second-order valence-electron chi connectivity index (χ2n) is 6.81. The van der Waals surface area contributed by atoms with Crippen LogP contribution in [0.2, 0.25) is 0 Å². The number of aromatic nitrogens is 2. The molecule has 4 aromatic rings. The first-order valence-electron chi connectivity index (χ1n) is 9.42. The van der Waals surface area contributed by atoms with E-state index in [2.05, 4.69) is 46.5 Å². The first kappa shape index (κ1) is 19.1. The molecule has 0 aliphatic carbocycles. The van der Waals surface area contributed by atoms with Gasteiger partial charge in [-0.05, 0) is 26.0 Å². The van der Waals surface area contributed by atoms with Crippen LogP contribution in [-0.2, 0) is 6.42 Å². The monoisotopic (exact) mass is 403 g/mol. The summed E-state index contributed by atoms with van der Waals surface area (Å²) in [6, 6.07) is 17.9. The zero-order valence-corrected chi connectivity index (χ0v) is 17.1. The molecule has 4 rings (SSSR count). The summed E-state index contributed by atoms with van der Waals surface area (Å²) in [4.78, 5) is 21.5. The Morgan fingerprint density at radius 2 is 1.76 bits per heavy atom. The topological polar surface area (TPSA) is 68.0 Å². The summed E-state index contributed by atoms with van der Waals surface area (Å²) < 4.78 is 5.66. The molecule has 0 atom stereocenters. The van der Waals surface area contributed by atoms with E-state index >= 15 is 0 Å². The van der Waals surface area contributed by atoms with Crippen molar-refractivity contribution in [2.45, 2.75) is 20.3 Å². The van der Waals surface area contributed by atoms with Crippen LogP contribution in [0.1, 0.15) is 27.5 Å². The second-order valence-corrected chi connectivity index (χ2v) is 7.66.